The molecule has 2 rings (SSSR count). The van der Waals surface area contributed by atoms with Gasteiger partial charge in [0.25, 0.3) is 11.7 Å². The van der Waals surface area contributed by atoms with Gasteiger partial charge in [0.2, 0.25) is 0 Å². The van der Waals surface area contributed by atoms with E-state index in [-0.39, 0.29) is 9.95 Å². The van der Waals surface area contributed by atoms with Crippen LogP contribution in [0.1, 0.15) is 13.8 Å². The first kappa shape index (κ1) is 13.8. The molecule has 0 bridgehead atoms. The van der Waals surface area contributed by atoms with Crippen molar-refractivity contribution in [1.82, 2.24) is 4.31 Å². The molecule has 0 spiro atoms. The van der Waals surface area contributed by atoms with Crippen molar-refractivity contribution in [3.8, 4) is 0 Å². The quantitative estimate of drug-likeness (QED) is 0.631. The third-order valence-electron chi connectivity index (χ3n) is 2.54. The van der Waals surface area contributed by atoms with Crippen molar-refractivity contribution in [3.05, 3.63) is 0 Å². The SMILES string of the molecule is CC(C)(OC=O)C1=S(C(=O)O)N2C(=O)S[C@@H]2SC1. The van der Waals surface area contributed by atoms with Crippen LogP contribution < -0.4 is 0 Å². The van der Waals surface area contributed by atoms with E-state index in [1.807, 2.05) is 0 Å². The van der Waals surface area contributed by atoms with Gasteiger partial charge in [-0.15, -0.1) is 11.8 Å². The summed E-state index contributed by atoms with van der Waals surface area (Å²) in [5, 5.41) is 8.01. The lowest BCUT2D eigenvalue weighted by atomic mass is 10.1. The Labute approximate surface area is 114 Å². The molecule has 0 aromatic heterocycles. The Balaban J connectivity index is 2.46. The normalized spacial score (nSPS) is 27.3. The van der Waals surface area contributed by atoms with E-state index in [0.29, 0.717) is 17.1 Å². The molecular formula is C9H11NO5S3. The number of hydrogen-bond donors (Lipinski definition) is 1. The van der Waals surface area contributed by atoms with Crippen molar-refractivity contribution in [3.63, 3.8) is 0 Å². The second-order valence-corrected chi connectivity index (χ2v) is 8.23. The lowest BCUT2D eigenvalue weighted by molar-refractivity contribution is -0.135. The van der Waals surface area contributed by atoms with Gasteiger partial charge < -0.3 is 9.84 Å². The average molecular weight is 309 g/mol. The highest BCUT2D eigenvalue weighted by Crippen LogP contribution is 2.52. The Morgan fingerprint density at radius 1 is 1.67 bits per heavy atom. The molecule has 1 saturated heterocycles. The van der Waals surface area contributed by atoms with Crippen LogP contribution in [0.15, 0.2) is 0 Å². The number of rotatable bonds is 3. The number of carboxylic acid groups (broad SMARTS) is 1. The molecule has 2 aliphatic heterocycles. The van der Waals surface area contributed by atoms with Gasteiger partial charge in [-0.05, 0) is 25.6 Å². The molecule has 0 saturated carbocycles. The molecule has 1 fully saturated rings. The summed E-state index contributed by atoms with van der Waals surface area (Å²) in [6.45, 7) is 3.58. The molecule has 2 heterocycles. The van der Waals surface area contributed by atoms with Crippen LogP contribution in [0.25, 0.3) is 0 Å². The van der Waals surface area contributed by atoms with Crippen molar-refractivity contribution < 1.29 is 24.2 Å². The lowest BCUT2D eigenvalue weighted by Gasteiger charge is -2.45. The van der Waals surface area contributed by atoms with Crippen molar-refractivity contribution in [2.24, 2.45) is 0 Å². The molecule has 0 aromatic carbocycles. The summed E-state index contributed by atoms with van der Waals surface area (Å²) in [6, 6.07) is 0. The van der Waals surface area contributed by atoms with Crippen LogP contribution in [0.3, 0.4) is 0 Å². The molecule has 0 aliphatic carbocycles. The minimum Gasteiger partial charge on any atom is -0.472 e. The lowest BCUT2D eigenvalue weighted by Crippen LogP contribution is -2.50. The molecule has 1 amide bonds. The molecular weight excluding hydrogens is 298 g/mol. The largest absolute Gasteiger partial charge is 0.472 e. The van der Waals surface area contributed by atoms with Gasteiger partial charge in [0.05, 0.1) is 0 Å². The predicted molar refractivity (Wildman–Crippen MR) is 72.9 cm³/mol. The summed E-state index contributed by atoms with van der Waals surface area (Å²) in [5.41, 5.74) is -0.984. The number of hydrogen-bond acceptors (Lipinski definition) is 6. The highest BCUT2D eigenvalue weighted by molar-refractivity contribution is 8.36. The van der Waals surface area contributed by atoms with Gasteiger partial charge in [0.15, 0.2) is 0 Å². The van der Waals surface area contributed by atoms with E-state index in [9.17, 15) is 19.5 Å². The van der Waals surface area contributed by atoms with E-state index in [2.05, 4.69) is 0 Å². The molecule has 18 heavy (non-hydrogen) atoms. The summed E-state index contributed by atoms with van der Waals surface area (Å²) in [6.07, 6.45) is 0. The third-order valence-corrected chi connectivity index (χ3v) is 7.77. The van der Waals surface area contributed by atoms with E-state index >= 15 is 0 Å². The molecule has 100 valence electrons. The van der Waals surface area contributed by atoms with Gasteiger partial charge in [0, 0.05) is 21.3 Å². The Morgan fingerprint density at radius 2 is 2.33 bits per heavy atom. The topological polar surface area (TPSA) is 83.9 Å². The number of amides is 1. The van der Waals surface area contributed by atoms with Crippen LogP contribution in [0.4, 0.5) is 9.59 Å². The van der Waals surface area contributed by atoms with E-state index in [1.54, 1.807) is 13.8 Å². The fourth-order valence-electron chi connectivity index (χ4n) is 1.59. The van der Waals surface area contributed by atoms with E-state index in [4.69, 9.17) is 4.74 Å². The van der Waals surface area contributed by atoms with Crippen molar-refractivity contribution in [1.29, 1.82) is 0 Å². The number of ether oxygens (including phenoxy) is 1. The Morgan fingerprint density at radius 3 is 2.83 bits per heavy atom. The number of fused-ring (bicyclic) bond motifs is 1. The van der Waals surface area contributed by atoms with Gasteiger partial charge in [-0.1, -0.05) is 0 Å². The van der Waals surface area contributed by atoms with Gasteiger partial charge in [-0.2, -0.15) is 0 Å². The third kappa shape index (κ3) is 2.14. The first-order valence-corrected chi connectivity index (χ1v) is 8.06. The molecule has 6 nitrogen and oxygen atoms in total. The molecule has 2 atom stereocenters. The zero-order chi connectivity index (χ0) is 13.5. The molecule has 9 heteroatoms. The number of nitrogens with zero attached hydrogens (tertiary/aromatic N) is 1. The van der Waals surface area contributed by atoms with Crippen LogP contribution in [0.5, 0.6) is 0 Å². The summed E-state index contributed by atoms with van der Waals surface area (Å²) >= 11 is 2.61. The van der Waals surface area contributed by atoms with E-state index < -0.39 is 21.6 Å². The maximum Gasteiger partial charge on any atom is 0.378 e. The molecule has 1 unspecified atom stereocenters. The standard InChI is InChI=1S/C9H11NO5S3/c1-9(2,15-4-11)5-3-16-7-10(6(12)17-7)18(5)8(13)14/h4,7H,3H2,1-2H3,(H,13,14)/t7-,18?/m0/s1. The Hall–Kier alpha value is -0.670. The highest BCUT2D eigenvalue weighted by Gasteiger charge is 2.48. The molecule has 2 aliphatic rings. The van der Waals surface area contributed by atoms with Gasteiger partial charge >= 0.3 is 5.30 Å². The van der Waals surface area contributed by atoms with Gasteiger partial charge in [0.1, 0.15) is 10.3 Å². The highest BCUT2D eigenvalue weighted by atomic mass is 32.2. The predicted octanol–water partition coefficient (Wildman–Crippen LogP) is 2.17. The number of carbonyl (C=O) groups excluding carboxylic acids is 2. The number of thioether (sulfide) groups is 2. The van der Waals surface area contributed by atoms with Crippen molar-refractivity contribution in [2.45, 2.75) is 24.2 Å². The van der Waals surface area contributed by atoms with Crippen LogP contribution in [0, 0.1) is 0 Å². The monoisotopic (exact) mass is 309 g/mol. The Kier molecular flexibility index (Phi) is 3.65. The van der Waals surface area contributed by atoms with Crippen molar-refractivity contribution in [2.75, 3.05) is 5.75 Å². The van der Waals surface area contributed by atoms with E-state index in [0.717, 1.165) is 11.8 Å². The second-order valence-electron chi connectivity index (χ2n) is 4.03. The van der Waals surface area contributed by atoms with Crippen LogP contribution in [0.2, 0.25) is 0 Å². The second kappa shape index (κ2) is 4.78. The maximum atomic E-state index is 11.5. The van der Waals surface area contributed by atoms with Gasteiger partial charge in [-0.3, -0.25) is 13.9 Å². The first-order valence-electron chi connectivity index (χ1n) is 4.95. The molecule has 0 aromatic rings. The van der Waals surface area contributed by atoms with Crippen LogP contribution >= 0.6 is 34.2 Å². The van der Waals surface area contributed by atoms with Crippen LogP contribution in [-0.2, 0) is 9.53 Å². The zero-order valence-electron chi connectivity index (χ0n) is 9.61. The van der Waals surface area contributed by atoms with Crippen molar-refractivity contribution >= 4 is 56.1 Å². The zero-order valence-corrected chi connectivity index (χ0v) is 12.1. The fraction of sp³-hybridized carbons (Fsp3) is 0.556. The summed E-state index contributed by atoms with van der Waals surface area (Å²) < 4.78 is 6.18. The summed E-state index contributed by atoms with van der Waals surface area (Å²) in [7, 11) is -1.33. The average Bonchev–Trinajstić information content (AvgIpc) is 2.26. The van der Waals surface area contributed by atoms with E-state index in [1.165, 1.54) is 16.1 Å². The first-order chi connectivity index (χ1) is 8.38. The smallest absolute Gasteiger partial charge is 0.378 e. The minimum atomic E-state index is -1.33. The fourth-order valence-corrected chi connectivity index (χ4v) is 6.95. The van der Waals surface area contributed by atoms with Gasteiger partial charge in [-0.25, -0.2) is 4.79 Å². The molecule has 1 N–H and O–H groups in total. The Bertz CT molecular complexity index is 461. The number of carbonyl (C=O) groups is 3. The summed E-state index contributed by atoms with van der Waals surface area (Å²) in [4.78, 5) is 33.9. The van der Waals surface area contributed by atoms with Crippen LogP contribution in [-0.4, -0.2) is 47.3 Å². The molecule has 0 radical (unpaired) electrons. The minimum absolute atomic E-state index is 0.132. The summed E-state index contributed by atoms with van der Waals surface area (Å²) in [5.74, 6) is 0.470. The maximum absolute atomic E-state index is 11.5.